The van der Waals surface area contributed by atoms with E-state index in [1.165, 1.54) is 12.1 Å². The quantitative estimate of drug-likeness (QED) is 0.875. The largest absolute Gasteiger partial charge is 0.423 e. The van der Waals surface area contributed by atoms with Crippen LogP contribution in [0.5, 0.6) is 5.75 Å². The number of halogens is 3. The molecule has 0 saturated carbocycles. The van der Waals surface area contributed by atoms with Crippen LogP contribution in [0, 0.1) is 5.82 Å². The monoisotopic (exact) mass is 336 g/mol. The fraction of sp³-hybridized carbons (Fsp3) is 0.0625. The highest BCUT2D eigenvalue weighted by Crippen LogP contribution is 2.31. The molecule has 112 valence electrons. The van der Waals surface area contributed by atoms with Gasteiger partial charge in [0.25, 0.3) is 6.02 Å². The summed E-state index contributed by atoms with van der Waals surface area (Å²) >= 11 is 12.3. The van der Waals surface area contributed by atoms with Gasteiger partial charge in [-0.3, -0.25) is 0 Å². The molecule has 1 aliphatic rings. The maximum absolute atomic E-state index is 13.5. The van der Waals surface area contributed by atoms with Crippen molar-refractivity contribution in [1.82, 2.24) is 5.32 Å². The van der Waals surface area contributed by atoms with Gasteiger partial charge in [-0.05, 0) is 24.3 Å². The summed E-state index contributed by atoms with van der Waals surface area (Å²) in [5.41, 5.74) is 1.56. The first-order valence-corrected chi connectivity index (χ1v) is 7.27. The molecule has 2 aromatic carbocycles. The van der Waals surface area contributed by atoms with Crippen molar-refractivity contribution in [1.29, 1.82) is 0 Å². The van der Waals surface area contributed by atoms with Crippen molar-refractivity contribution in [2.45, 2.75) is 0 Å². The van der Waals surface area contributed by atoms with E-state index >= 15 is 0 Å². The standard InChI is InChI=1S/C16H11Cl2FN2O/c17-11-4-3-5-12(18)15(11)10-8-20-16(21-9-10)22-14-7-2-1-6-13(14)19/h1-8H,9H2,(H,20,21). The van der Waals surface area contributed by atoms with E-state index in [9.17, 15) is 4.39 Å². The fourth-order valence-corrected chi connectivity index (χ4v) is 2.69. The average Bonchev–Trinajstić information content (AvgIpc) is 2.51. The smallest absolute Gasteiger partial charge is 0.294 e. The second-order valence-electron chi connectivity index (χ2n) is 4.56. The van der Waals surface area contributed by atoms with Crippen LogP contribution < -0.4 is 10.1 Å². The molecule has 22 heavy (non-hydrogen) atoms. The van der Waals surface area contributed by atoms with Gasteiger partial charge in [0, 0.05) is 27.4 Å². The first-order valence-electron chi connectivity index (χ1n) is 6.52. The van der Waals surface area contributed by atoms with Crippen LogP contribution >= 0.6 is 23.2 Å². The number of nitrogens with zero attached hydrogens (tertiary/aromatic N) is 1. The molecular formula is C16H11Cl2FN2O. The number of benzene rings is 2. The van der Waals surface area contributed by atoms with E-state index in [0.29, 0.717) is 16.6 Å². The van der Waals surface area contributed by atoms with Gasteiger partial charge >= 0.3 is 0 Å². The van der Waals surface area contributed by atoms with Crippen LogP contribution in [0.25, 0.3) is 5.57 Å². The lowest BCUT2D eigenvalue weighted by Crippen LogP contribution is -2.28. The van der Waals surface area contributed by atoms with Crippen molar-refractivity contribution >= 4 is 34.8 Å². The van der Waals surface area contributed by atoms with Gasteiger partial charge in [0.05, 0.1) is 6.54 Å². The Morgan fingerprint density at radius 2 is 1.77 bits per heavy atom. The predicted molar refractivity (Wildman–Crippen MR) is 86.9 cm³/mol. The normalized spacial score (nSPS) is 14.0. The third-order valence-corrected chi connectivity index (χ3v) is 3.72. The molecular weight excluding hydrogens is 326 g/mol. The van der Waals surface area contributed by atoms with Crippen LogP contribution in [0.15, 0.2) is 53.7 Å². The molecule has 0 amide bonds. The van der Waals surface area contributed by atoms with Gasteiger partial charge in [0.1, 0.15) is 0 Å². The number of para-hydroxylation sites is 1. The minimum Gasteiger partial charge on any atom is -0.423 e. The van der Waals surface area contributed by atoms with Crippen LogP contribution in [0.2, 0.25) is 10.0 Å². The predicted octanol–water partition coefficient (Wildman–Crippen LogP) is 4.51. The van der Waals surface area contributed by atoms with Gasteiger partial charge in [-0.1, -0.05) is 41.4 Å². The third kappa shape index (κ3) is 3.08. The topological polar surface area (TPSA) is 33.6 Å². The molecule has 0 unspecified atom stereocenters. The Hall–Kier alpha value is -2.04. The summed E-state index contributed by atoms with van der Waals surface area (Å²) in [6, 6.07) is 11.7. The second kappa shape index (κ2) is 6.38. The SMILES string of the molecule is Fc1ccccc1OC1=NCC(c2c(Cl)cccc2Cl)=CN1. The number of aliphatic imine (C=N–C) groups is 1. The number of nitrogens with one attached hydrogen (secondary N) is 1. The molecule has 1 N–H and O–H groups in total. The van der Waals surface area contributed by atoms with E-state index in [4.69, 9.17) is 27.9 Å². The van der Waals surface area contributed by atoms with E-state index in [-0.39, 0.29) is 11.8 Å². The molecule has 3 nitrogen and oxygen atoms in total. The molecule has 0 fully saturated rings. The van der Waals surface area contributed by atoms with Crippen molar-refractivity contribution < 1.29 is 9.13 Å². The number of ether oxygens (including phenoxy) is 1. The van der Waals surface area contributed by atoms with Crippen molar-refractivity contribution in [2.24, 2.45) is 4.99 Å². The number of hydrogen-bond acceptors (Lipinski definition) is 3. The van der Waals surface area contributed by atoms with E-state index < -0.39 is 5.82 Å². The van der Waals surface area contributed by atoms with E-state index in [2.05, 4.69) is 10.3 Å². The summed E-state index contributed by atoms with van der Waals surface area (Å²) in [5, 5.41) is 3.98. The van der Waals surface area contributed by atoms with E-state index in [0.717, 1.165) is 11.1 Å². The summed E-state index contributed by atoms with van der Waals surface area (Å²) in [5.74, 6) is -0.336. The first kappa shape index (κ1) is 14.9. The van der Waals surface area contributed by atoms with Crippen molar-refractivity contribution in [2.75, 3.05) is 6.54 Å². The molecule has 6 heteroatoms. The van der Waals surface area contributed by atoms with Crippen LogP contribution in [-0.2, 0) is 0 Å². The lowest BCUT2D eigenvalue weighted by atomic mass is 10.1. The Labute approximate surface area is 137 Å². The van der Waals surface area contributed by atoms with Gasteiger partial charge in [0.2, 0.25) is 0 Å². The fourth-order valence-electron chi connectivity index (χ4n) is 2.05. The van der Waals surface area contributed by atoms with Crippen molar-refractivity contribution in [3.8, 4) is 5.75 Å². The molecule has 1 aliphatic heterocycles. The zero-order valence-corrected chi connectivity index (χ0v) is 12.8. The van der Waals surface area contributed by atoms with Crippen LogP contribution in [0.3, 0.4) is 0 Å². The van der Waals surface area contributed by atoms with Gasteiger partial charge in [-0.25, -0.2) is 9.38 Å². The summed E-state index contributed by atoms with van der Waals surface area (Å²) in [6.07, 6.45) is 1.70. The molecule has 3 rings (SSSR count). The highest BCUT2D eigenvalue weighted by Gasteiger charge is 2.16. The Morgan fingerprint density at radius 3 is 2.41 bits per heavy atom. The molecule has 0 spiro atoms. The molecule has 1 heterocycles. The molecule has 0 bridgehead atoms. The zero-order chi connectivity index (χ0) is 15.5. The van der Waals surface area contributed by atoms with Gasteiger partial charge in [0.15, 0.2) is 11.6 Å². The van der Waals surface area contributed by atoms with Crippen LogP contribution in [-0.4, -0.2) is 12.6 Å². The van der Waals surface area contributed by atoms with Gasteiger partial charge in [-0.15, -0.1) is 0 Å². The molecule has 0 aromatic heterocycles. The first-order chi connectivity index (χ1) is 10.6. The molecule has 0 atom stereocenters. The van der Waals surface area contributed by atoms with Crippen LogP contribution in [0.4, 0.5) is 4.39 Å². The minimum atomic E-state index is -0.448. The zero-order valence-electron chi connectivity index (χ0n) is 11.3. The number of rotatable bonds is 2. The van der Waals surface area contributed by atoms with Gasteiger partial charge in [-0.2, -0.15) is 0 Å². The highest BCUT2D eigenvalue weighted by molar-refractivity contribution is 6.37. The number of amidine groups is 1. The lowest BCUT2D eigenvalue weighted by molar-refractivity contribution is 0.475. The summed E-state index contributed by atoms with van der Waals surface area (Å²) < 4.78 is 18.9. The maximum Gasteiger partial charge on any atom is 0.294 e. The molecule has 0 aliphatic carbocycles. The molecule has 2 aromatic rings. The Bertz CT molecular complexity index is 754. The summed E-state index contributed by atoms with van der Waals surface area (Å²) in [7, 11) is 0. The average molecular weight is 337 g/mol. The Morgan fingerprint density at radius 1 is 1.05 bits per heavy atom. The maximum atomic E-state index is 13.5. The lowest BCUT2D eigenvalue weighted by Gasteiger charge is -2.17. The Kier molecular flexibility index (Phi) is 4.32. The van der Waals surface area contributed by atoms with Crippen LogP contribution in [0.1, 0.15) is 5.56 Å². The summed E-state index contributed by atoms with van der Waals surface area (Å²) in [4.78, 5) is 4.24. The van der Waals surface area contributed by atoms with E-state index in [1.807, 2.05) is 0 Å². The Balaban J connectivity index is 1.76. The highest BCUT2D eigenvalue weighted by atomic mass is 35.5. The molecule has 0 saturated heterocycles. The third-order valence-electron chi connectivity index (χ3n) is 3.09. The summed E-state index contributed by atoms with van der Waals surface area (Å²) in [6.45, 7) is 0.334. The minimum absolute atomic E-state index is 0.112. The second-order valence-corrected chi connectivity index (χ2v) is 5.38. The van der Waals surface area contributed by atoms with Gasteiger partial charge < -0.3 is 10.1 Å². The van der Waals surface area contributed by atoms with Crippen molar-refractivity contribution in [3.63, 3.8) is 0 Å². The molecule has 0 radical (unpaired) electrons. The van der Waals surface area contributed by atoms with Crippen molar-refractivity contribution in [3.05, 3.63) is 70.1 Å². The van der Waals surface area contributed by atoms with E-state index in [1.54, 1.807) is 36.5 Å². The number of hydrogen-bond donors (Lipinski definition) is 1.